The molecule has 18 heavy (non-hydrogen) atoms. The van der Waals surface area contributed by atoms with Crippen molar-refractivity contribution in [3.63, 3.8) is 0 Å². The van der Waals surface area contributed by atoms with Crippen LogP contribution in [0.3, 0.4) is 0 Å². The van der Waals surface area contributed by atoms with Gasteiger partial charge in [-0.05, 0) is 17.7 Å². The minimum atomic E-state index is 0.121. The lowest BCUT2D eigenvalue weighted by atomic mass is 10.1. The van der Waals surface area contributed by atoms with Gasteiger partial charge in [-0.15, -0.1) is 0 Å². The number of anilines is 2. The van der Waals surface area contributed by atoms with E-state index in [-0.39, 0.29) is 11.1 Å². The lowest BCUT2D eigenvalue weighted by Crippen LogP contribution is -2.04. The second-order valence-electron chi connectivity index (χ2n) is 3.60. The van der Waals surface area contributed by atoms with Crippen molar-refractivity contribution in [3.05, 3.63) is 46.6 Å². The summed E-state index contributed by atoms with van der Waals surface area (Å²) < 4.78 is 0. The van der Waals surface area contributed by atoms with Gasteiger partial charge in [-0.25, -0.2) is 4.98 Å². The Hall–Kier alpha value is -2.32. The highest BCUT2D eigenvalue weighted by atomic mass is 35.5. The van der Waals surface area contributed by atoms with E-state index in [1.165, 1.54) is 0 Å². The molecule has 1 aromatic carbocycles. The number of nitrogens with one attached hydrogen (secondary N) is 1. The molecule has 3 N–H and O–H groups in total. The number of nitrogens with two attached hydrogens (primary N) is 1. The second-order valence-corrected chi connectivity index (χ2v) is 3.99. The van der Waals surface area contributed by atoms with Crippen LogP contribution in [0.1, 0.15) is 11.1 Å². The largest absolute Gasteiger partial charge is 0.368 e. The first-order valence-electron chi connectivity index (χ1n) is 5.20. The Morgan fingerprint density at radius 2 is 2.17 bits per heavy atom. The third kappa shape index (κ3) is 3.09. The fraction of sp³-hybridized carbons (Fsp3) is 0.0833. The van der Waals surface area contributed by atoms with E-state index in [0.29, 0.717) is 17.9 Å². The summed E-state index contributed by atoms with van der Waals surface area (Å²) in [4.78, 5) is 7.76. The van der Waals surface area contributed by atoms with Gasteiger partial charge in [0.05, 0.1) is 11.6 Å². The van der Waals surface area contributed by atoms with Gasteiger partial charge in [0.15, 0.2) is 0 Å². The first-order valence-corrected chi connectivity index (χ1v) is 5.58. The Morgan fingerprint density at radius 3 is 2.89 bits per heavy atom. The summed E-state index contributed by atoms with van der Waals surface area (Å²) in [5.41, 5.74) is 7.08. The van der Waals surface area contributed by atoms with E-state index >= 15 is 0 Å². The van der Waals surface area contributed by atoms with Crippen LogP contribution in [0, 0.1) is 11.3 Å². The number of rotatable bonds is 3. The Kier molecular flexibility index (Phi) is 3.60. The maximum Gasteiger partial charge on any atom is 0.223 e. The zero-order chi connectivity index (χ0) is 13.0. The molecule has 0 aliphatic heterocycles. The molecule has 0 aliphatic carbocycles. The van der Waals surface area contributed by atoms with Gasteiger partial charge in [0.25, 0.3) is 0 Å². The minimum Gasteiger partial charge on any atom is -0.368 e. The van der Waals surface area contributed by atoms with Crippen LogP contribution in [0.25, 0.3) is 0 Å². The van der Waals surface area contributed by atoms with Gasteiger partial charge in [-0.1, -0.05) is 23.7 Å². The average Bonchev–Trinajstić information content (AvgIpc) is 2.35. The number of nitrogens with zero attached hydrogens (tertiary/aromatic N) is 3. The van der Waals surface area contributed by atoms with Crippen molar-refractivity contribution in [1.82, 2.24) is 9.97 Å². The van der Waals surface area contributed by atoms with Crippen LogP contribution in [0.2, 0.25) is 5.15 Å². The minimum absolute atomic E-state index is 0.121. The highest BCUT2D eigenvalue weighted by molar-refractivity contribution is 6.29. The summed E-state index contributed by atoms with van der Waals surface area (Å²) >= 11 is 5.77. The summed E-state index contributed by atoms with van der Waals surface area (Å²) in [7, 11) is 0. The van der Waals surface area contributed by atoms with Crippen molar-refractivity contribution in [2.45, 2.75) is 6.54 Å². The number of aromatic nitrogens is 2. The predicted octanol–water partition coefficient (Wildman–Crippen LogP) is 2.20. The topological polar surface area (TPSA) is 87.6 Å². The predicted molar refractivity (Wildman–Crippen MR) is 69.9 cm³/mol. The van der Waals surface area contributed by atoms with Crippen molar-refractivity contribution < 1.29 is 0 Å². The quantitative estimate of drug-likeness (QED) is 0.825. The van der Waals surface area contributed by atoms with E-state index < -0.39 is 0 Å². The van der Waals surface area contributed by atoms with Crippen LogP contribution in [0.4, 0.5) is 11.8 Å². The third-order valence-electron chi connectivity index (χ3n) is 2.24. The molecule has 0 saturated heterocycles. The summed E-state index contributed by atoms with van der Waals surface area (Å²) in [6.45, 7) is 0.530. The molecular formula is C12H10ClN5. The lowest BCUT2D eigenvalue weighted by Gasteiger charge is -2.06. The van der Waals surface area contributed by atoms with E-state index in [1.807, 2.05) is 12.1 Å². The zero-order valence-corrected chi connectivity index (χ0v) is 10.1. The van der Waals surface area contributed by atoms with Crippen LogP contribution >= 0.6 is 11.6 Å². The number of halogens is 1. The molecule has 0 atom stereocenters. The zero-order valence-electron chi connectivity index (χ0n) is 9.39. The molecule has 0 radical (unpaired) electrons. The standard InChI is InChI=1S/C12H10ClN5/c13-10-5-11(18-12(15)17-10)16-7-9-3-1-2-8(4-9)6-14/h1-5H,7H2,(H3,15,16,17,18). The van der Waals surface area contributed by atoms with Crippen molar-refractivity contribution in [1.29, 1.82) is 5.26 Å². The van der Waals surface area contributed by atoms with Crippen molar-refractivity contribution in [2.24, 2.45) is 0 Å². The Labute approximate surface area is 109 Å². The smallest absolute Gasteiger partial charge is 0.223 e. The van der Waals surface area contributed by atoms with Crippen molar-refractivity contribution in [3.8, 4) is 6.07 Å². The van der Waals surface area contributed by atoms with Crippen LogP contribution in [0.5, 0.6) is 0 Å². The van der Waals surface area contributed by atoms with Gasteiger partial charge in [0, 0.05) is 12.6 Å². The van der Waals surface area contributed by atoms with E-state index in [4.69, 9.17) is 22.6 Å². The molecule has 1 aromatic heterocycles. The molecule has 0 amide bonds. The van der Waals surface area contributed by atoms with Crippen LogP contribution in [-0.4, -0.2) is 9.97 Å². The third-order valence-corrected chi connectivity index (χ3v) is 2.44. The number of hydrogen-bond acceptors (Lipinski definition) is 5. The average molecular weight is 260 g/mol. The first kappa shape index (κ1) is 12.1. The molecule has 0 spiro atoms. The summed E-state index contributed by atoms with van der Waals surface area (Å²) in [6, 6.07) is 11.0. The van der Waals surface area contributed by atoms with E-state index in [1.54, 1.807) is 18.2 Å². The molecule has 2 rings (SSSR count). The molecule has 0 bridgehead atoms. The fourth-order valence-corrected chi connectivity index (χ4v) is 1.66. The van der Waals surface area contributed by atoms with E-state index in [9.17, 15) is 0 Å². The monoisotopic (exact) mass is 259 g/mol. The maximum absolute atomic E-state index is 8.80. The summed E-state index contributed by atoms with van der Waals surface area (Å²) in [5, 5.41) is 12.2. The molecule has 0 aliphatic rings. The molecule has 90 valence electrons. The molecule has 1 heterocycles. The van der Waals surface area contributed by atoms with Gasteiger partial charge >= 0.3 is 0 Å². The molecule has 6 heteroatoms. The van der Waals surface area contributed by atoms with Crippen LogP contribution < -0.4 is 11.1 Å². The molecule has 0 fully saturated rings. The Balaban J connectivity index is 2.09. The number of hydrogen-bond donors (Lipinski definition) is 2. The van der Waals surface area contributed by atoms with Gasteiger partial charge in [-0.2, -0.15) is 10.2 Å². The Morgan fingerprint density at radius 1 is 1.33 bits per heavy atom. The second kappa shape index (κ2) is 5.34. The van der Waals surface area contributed by atoms with Crippen LogP contribution in [-0.2, 0) is 6.54 Å². The van der Waals surface area contributed by atoms with Gasteiger partial charge < -0.3 is 11.1 Å². The van der Waals surface area contributed by atoms with E-state index in [0.717, 1.165) is 5.56 Å². The van der Waals surface area contributed by atoms with Gasteiger partial charge in [0.2, 0.25) is 5.95 Å². The fourth-order valence-electron chi connectivity index (χ4n) is 1.47. The molecule has 2 aromatic rings. The van der Waals surface area contributed by atoms with Crippen molar-refractivity contribution in [2.75, 3.05) is 11.1 Å². The maximum atomic E-state index is 8.80. The number of nitrogen functional groups attached to an aromatic ring is 1. The first-order chi connectivity index (χ1) is 8.67. The summed E-state index contributed by atoms with van der Waals surface area (Å²) in [5.74, 6) is 0.672. The van der Waals surface area contributed by atoms with Crippen molar-refractivity contribution >= 4 is 23.4 Å². The summed E-state index contributed by atoms with van der Waals surface area (Å²) in [6.07, 6.45) is 0. The van der Waals surface area contributed by atoms with Crippen LogP contribution in [0.15, 0.2) is 30.3 Å². The molecule has 0 unspecified atom stereocenters. The molecular weight excluding hydrogens is 250 g/mol. The number of nitriles is 1. The Bertz CT molecular complexity index is 585. The highest BCUT2D eigenvalue weighted by Gasteiger charge is 2.01. The lowest BCUT2D eigenvalue weighted by molar-refractivity contribution is 1.09. The normalized spacial score (nSPS) is 9.78. The van der Waals surface area contributed by atoms with E-state index in [2.05, 4.69) is 21.4 Å². The van der Waals surface area contributed by atoms with Gasteiger partial charge in [0.1, 0.15) is 11.0 Å². The molecule has 0 saturated carbocycles. The SMILES string of the molecule is N#Cc1cccc(CNc2cc(Cl)nc(N)n2)c1. The number of benzene rings is 1. The molecule has 5 nitrogen and oxygen atoms in total. The van der Waals surface area contributed by atoms with Gasteiger partial charge in [-0.3, -0.25) is 0 Å². The highest BCUT2D eigenvalue weighted by Crippen LogP contribution is 2.13.